The highest BCUT2D eigenvalue weighted by atomic mass is 16.2. The Kier molecular flexibility index (Phi) is 4.71. The summed E-state index contributed by atoms with van der Waals surface area (Å²) in [5.41, 5.74) is 6.49. The molecular formula is C23H21N3O. The Morgan fingerprint density at radius 3 is 2.63 bits per heavy atom. The maximum absolute atomic E-state index is 12.2. The van der Waals surface area contributed by atoms with Gasteiger partial charge in [0.05, 0.1) is 12.2 Å². The number of anilines is 2. The molecule has 0 aliphatic carbocycles. The van der Waals surface area contributed by atoms with Crippen LogP contribution < -0.4 is 10.2 Å². The van der Waals surface area contributed by atoms with Gasteiger partial charge in [0, 0.05) is 31.5 Å². The van der Waals surface area contributed by atoms with Crippen LogP contribution in [0.3, 0.4) is 0 Å². The van der Waals surface area contributed by atoms with Gasteiger partial charge in [-0.25, -0.2) is 0 Å². The van der Waals surface area contributed by atoms with Gasteiger partial charge in [-0.3, -0.25) is 9.78 Å². The Morgan fingerprint density at radius 1 is 1.04 bits per heavy atom. The molecule has 2 aromatic carbocycles. The Hall–Kier alpha value is -3.40. The molecule has 4 rings (SSSR count). The van der Waals surface area contributed by atoms with Gasteiger partial charge < -0.3 is 10.2 Å². The predicted octanol–water partition coefficient (Wildman–Crippen LogP) is 4.73. The van der Waals surface area contributed by atoms with Crippen LogP contribution in [0.4, 0.5) is 11.4 Å². The first-order valence-corrected chi connectivity index (χ1v) is 9.01. The van der Waals surface area contributed by atoms with E-state index in [1.165, 1.54) is 5.56 Å². The second-order valence-corrected chi connectivity index (χ2v) is 6.62. The third kappa shape index (κ3) is 3.75. The zero-order valence-corrected chi connectivity index (χ0v) is 15.2. The fraction of sp³-hybridized carbons (Fsp3) is 0.130. The maximum atomic E-state index is 12.2. The molecule has 1 amide bonds. The van der Waals surface area contributed by atoms with Crippen molar-refractivity contribution in [3.8, 4) is 0 Å². The molecule has 3 aromatic rings. The number of nitrogens with zero attached hydrogens (tertiary/aromatic N) is 2. The van der Waals surface area contributed by atoms with Gasteiger partial charge in [0.2, 0.25) is 5.91 Å². The highest BCUT2D eigenvalue weighted by Gasteiger charge is 2.18. The minimum Gasteiger partial charge on any atom is -0.381 e. The smallest absolute Gasteiger partial charge is 0.224 e. The summed E-state index contributed by atoms with van der Waals surface area (Å²) >= 11 is 0. The monoisotopic (exact) mass is 355 g/mol. The van der Waals surface area contributed by atoms with Gasteiger partial charge in [-0.15, -0.1) is 0 Å². The van der Waals surface area contributed by atoms with Crippen molar-refractivity contribution >= 4 is 29.4 Å². The van der Waals surface area contributed by atoms with Crippen LogP contribution in [0, 0.1) is 0 Å². The molecule has 2 heterocycles. The lowest BCUT2D eigenvalue weighted by Crippen LogP contribution is -2.29. The van der Waals surface area contributed by atoms with Gasteiger partial charge in [0.25, 0.3) is 0 Å². The van der Waals surface area contributed by atoms with E-state index in [-0.39, 0.29) is 5.91 Å². The van der Waals surface area contributed by atoms with Gasteiger partial charge in [-0.05, 0) is 52.6 Å². The summed E-state index contributed by atoms with van der Waals surface area (Å²) in [4.78, 5) is 18.1. The van der Waals surface area contributed by atoms with E-state index in [2.05, 4.69) is 40.7 Å². The molecule has 0 atom stereocenters. The van der Waals surface area contributed by atoms with Crippen LogP contribution in [0.5, 0.6) is 0 Å². The van der Waals surface area contributed by atoms with Gasteiger partial charge in [-0.2, -0.15) is 0 Å². The quantitative estimate of drug-likeness (QED) is 0.739. The molecule has 27 heavy (non-hydrogen) atoms. The number of hydrogen-bond donors (Lipinski definition) is 1. The van der Waals surface area contributed by atoms with E-state index in [4.69, 9.17) is 0 Å². The maximum Gasteiger partial charge on any atom is 0.224 e. The third-order valence-electron chi connectivity index (χ3n) is 4.77. The molecule has 0 saturated carbocycles. The van der Waals surface area contributed by atoms with E-state index in [1.54, 1.807) is 19.3 Å². The molecule has 4 heteroatoms. The number of para-hydroxylation sites is 1. The van der Waals surface area contributed by atoms with Crippen LogP contribution in [-0.2, 0) is 17.9 Å². The van der Waals surface area contributed by atoms with Crippen molar-refractivity contribution < 1.29 is 4.79 Å². The molecule has 0 unspecified atom stereocenters. The van der Waals surface area contributed by atoms with E-state index in [1.807, 2.05) is 41.3 Å². The van der Waals surface area contributed by atoms with Gasteiger partial charge in [0.1, 0.15) is 0 Å². The number of amides is 1. The lowest BCUT2D eigenvalue weighted by Gasteiger charge is -2.26. The second kappa shape index (κ2) is 7.46. The van der Waals surface area contributed by atoms with E-state index >= 15 is 0 Å². The van der Waals surface area contributed by atoms with E-state index in [0.29, 0.717) is 6.54 Å². The molecule has 1 N–H and O–H groups in total. The minimum absolute atomic E-state index is 0.0450. The highest BCUT2D eigenvalue weighted by molar-refractivity contribution is 5.95. The van der Waals surface area contributed by atoms with Gasteiger partial charge >= 0.3 is 0 Å². The number of nitrogens with one attached hydrogen (secondary N) is 1. The molecule has 4 nitrogen and oxygen atoms in total. The minimum atomic E-state index is 0.0450. The van der Waals surface area contributed by atoms with Crippen LogP contribution in [0.15, 0.2) is 67.0 Å². The van der Waals surface area contributed by atoms with Crippen molar-refractivity contribution in [2.75, 3.05) is 10.2 Å². The topological polar surface area (TPSA) is 45.2 Å². The highest BCUT2D eigenvalue weighted by Crippen LogP contribution is 2.30. The normalized spacial score (nSPS) is 12.6. The largest absolute Gasteiger partial charge is 0.381 e. The van der Waals surface area contributed by atoms with Crippen molar-refractivity contribution in [2.24, 2.45) is 0 Å². The Morgan fingerprint density at radius 2 is 1.81 bits per heavy atom. The van der Waals surface area contributed by atoms with Crippen molar-refractivity contribution in [3.63, 3.8) is 0 Å². The Balaban J connectivity index is 1.64. The van der Waals surface area contributed by atoms with E-state index in [0.717, 1.165) is 34.6 Å². The first-order chi connectivity index (χ1) is 13.2. The SMILES string of the molecule is CC(=O)N1Cc2ccc(NCc3ccncc3)cc2C=Cc2ccccc21. The van der Waals surface area contributed by atoms with Crippen LogP contribution in [0.25, 0.3) is 12.2 Å². The van der Waals surface area contributed by atoms with Crippen LogP contribution in [0.1, 0.15) is 29.2 Å². The summed E-state index contributed by atoms with van der Waals surface area (Å²) in [5, 5.41) is 3.46. The molecule has 0 radical (unpaired) electrons. The van der Waals surface area contributed by atoms with E-state index in [9.17, 15) is 4.79 Å². The summed E-state index contributed by atoms with van der Waals surface area (Å²) in [7, 11) is 0. The molecule has 134 valence electrons. The Labute approximate surface area is 159 Å². The first-order valence-electron chi connectivity index (χ1n) is 9.01. The fourth-order valence-electron chi connectivity index (χ4n) is 3.30. The van der Waals surface area contributed by atoms with Crippen molar-refractivity contribution in [3.05, 3.63) is 89.2 Å². The summed E-state index contributed by atoms with van der Waals surface area (Å²) in [6, 6.07) is 18.3. The summed E-state index contributed by atoms with van der Waals surface area (Å²) < 4.78 is 0. The molecular weight excluding hydrogens is 334 g/mol. The molecule has 1 aliphatic heterocycles. The van der Waals surface area contributed by atoms with Gasteiger partial charge in [-0.1, -0.05) is 36.4 Å². The van der Waals surface area contributed by atoms with Gasteiger partial charge in [0.15, 0.2) is 0 Å². The van der Waals surface area contributed by atoms with Crippen molar-refractivity contribution in [1.82, 2.24) is 4.98 Å². The number of benzene rings is 2. The summed E-state index contributed by atoms with van der Waals surface area (Å²) in [6.45, 7) is 2.93. The lowest BCUT2D eigenvalue weighted by molar-refractivity contribution is -0.116. The molecule has 0 bridgehead atoms. The summed E-state index contributed by atoms with van der Waals surface area (Å²) in [6.07, 6.45) is 7.81. The lowest BCUT2D eigenvalue weighted by atomic mass is 10.00. The molecule has 0 saturated heterocycles. The second-order valence-electron chi connectivity index (χ2n) is 6.62. The number of carbonyl (C=O) groups is 1. The number of aromatic nitrogens is 1. The number of pyridine rings is 1. The number of hydrogen-bond acceptors (Lipinski definition) is 3. The third-order valence-corrected chi connectivity index (χ3v) is 4.77. The number of carbonyl (C=O) groups excluding carboxylic acids is 1. The fourth-order valence-corrected chi connectivity index (χ4v) is 3.30. The Bertz CT molecular complexity index is 996. The first kappa shape index (κ1) is 17.0. The average Bonchev–Trinajstić information content (AvgIpc) is 2.69. The zero-order valence-electron chi connectivity index (χ0n) is 15.2. The van der Waals surface area contributed by atoms with Crippen LogP contribution >= 0.6 is 0 Å². The van der Waals surface area contributed by atoms with E-state index < -0.39 is 0 Å². The summed E-state index contributed by atoms with van der Waals surface area (Å²) in [5.74, 6) is 0.0450. The molecule has 1 aliphatic rings. The van der Waals surface area contributed by atoms with Crippen LogP contribution in [-0.4, -0.2) is 10.9 Å². The predicted molar refractivity (Wildman–Crippen MR) is 110 cm³/mol. The van der Waals surface area contributed by atoms with Crippen LogP contribution in [0.2, 0.25) is 0 Å². The number of rotatable bonds is 3. The molecule has 0 fully saturated rings. The van der Waals surface area contributed by atoms with Crippen molar-refractivity contribution in [1.29, 1.82) is 0 Å². The number of fused-ring (bicyclic) bond motifs is 2. The molecule has 1 aromatic heterocycles. The standard InChI is InChI=1S/C23H21N3O/c1-17(27)26-16-21-8-9-22(25-15-18-10-12-24-13-11-18)14-20(21)7-6-19-4-2-3-5-23(19)26/h2-14,25H,15-16H2,1H3. The average molecular weight is 355 g/mol. The zero-order chi connectivity index (χ0) is 18.6. The van der Waals surface area contributed by atoms with Crippen molar-refractivity contribution in [2.45, 2.75) is 20.0 Å². The molecule has 0 spiro atoms.